The monoisotopic (exact) mass is 408 g/mol. The van der Waals surface area contributed by atoms with Gasteiger partial charge in [-0.15, -0.1) is 0 Å². The molecule has 0 saturated heterocycles. The molecule has 8 heteroatoms. The standard InChI is InChI=1S/C22H21FN4O3/c1-14-19-7-2-3-8-20(19)22(29)27(25-14)13-21(28)24-12-18-11-17(26-30-18)10-15-5-4-6-16(23)9-15/h2-9,18H,10-13H2,1H3,(H,24,28). The molecule has 0 radical (unpaired) electrons. The van der Waals surface area contributed by atoms with Crippen molar-refractivity contribution in [1.82, 2.24) is 15.1 Å². The quantitative estimate of drug-likeness (QED) is 0.679. The molecule has 0 spiro atoms. The number of hydrogen-bond donors (Lipinski definition) is 1. The van der Waals surface area contributed by atoms with Crippen LogP contribution >= 0.6 is 0 Å². The molecule has 0 fully saturated rings. The number of aryl methyl sites for hydroxylation is 1. The Morgan fingerprint density at radius 1 is 1.23 bits per heavy atom. The van der Waals surface area contributed by atoms with E-state index in [2.05, 4.69) is 15.6 Å². The summed E-state index contributed by atoms with van der Waals surface area (Å²) < 4.78 is 14.5. The maximum atomic E-state index is 13.3. The van der Waals surface area contributed by atoms with E-state index in [-0.39, 0.29) is 36.5 Å². The van der Waals surface area contributed by atoms with E-state index in [0.29, 0.717) is 23.9 Å². The number of oxime groups is 1. The molecule has 0 bridgehead atoms. The van der Waals surface area contributed by atoms with Crippen molar-refractivity contribution in [3.8, 4) is 0 Å². The number of nitrogens with zero attached hydrogens (tertiary/aromatic N) is 3. The Balaban J connectivity index is 1.31. The van der Waals surface area contributed by atoms with E-state index >= 15 is 0 Å². The highest BCUT2D eigenvalue weighted by Gasteiger charge is 2.22. The van der Waals surface area contributed by atoms with E-state index < -0.39 is 0 Å². The predicted octanol–water partition coefficient (Wildman–Crippen LogP) is 2.35. The number of aromatic nitrogens is 2. The third-order valence-electron chi connectivity index (χ3n) is 4.96. The van der Waals surface area contributed by atoms with Gasteiger partial charge in [0, 0.05) is 18.2 Å². The van der Waals surface area contributed by atoms with E-state index in [1.807, 2.05) is 18.2 Å². The second-order valence-corrected chi connectivity index (χ2v) is 7.29. The van der Waals surface area contributed by atoms with Gasteiger partial charge in [0.25, 0.3) is 5.56 Å². The lowest BCUT2D eigenvalue weighted by molar-refractivity contribution is -0.122. The van der Waals surface area contributed by atoms with E-state index in [0.717, 1.165) is 16.7 Å². The highest BCUT2D eigenvalue weighted by molar-refractivity contribution is 5.87. The van der Waals surface area contributed by atoms with Gasteiger partial charge >= 0.3 is 0 Å². The smallest absolute Gasteiger partial charge is 0.275 e. The van der Waals surface area contributed by atoms with Crippen molar-refractivity contribution in [2.75, 3.05) is 6.54 Å². The molecule has 1 aromatic heterocycles. The van der Waals surface area contributed by atoms with Gasteiger partial charge in [0.2, 0.25) is 5.91 Å². The van der Waals surface area contributed by atoms with Crippen molar-refractivity contribution in [3.63, 3.8) is 0 Å². The van der Waals surface area contributed by atoms with Gasteiger partial charge < -0.3 is 10.2 Å². The highest BCUT2D eigenvalue weighted by atomic mass is 19.1. The van der Waals surface area contributed by atoms with Crippen LogP contribution < -0.4 is 10.9 Å². The van der Waals surface area contributed by atoms with Gasteiger partial charge in [0.1, 0.15) is 18.5 Å². The molecule has 0 aliphatic carbocycles. The van der Waals surface area contributed by atoms with Gasteiger partial charge in [-0.3, -0.25) is 9.59 Å². The van der Waals surface area contributed by atoms with Gasteiger partial charge in [-0.25, -0.2) is 9.07 Å². The molecule has 1 aliphatic heterocycles. The molecule has 154 valence electrons. The Morgan fingerprint density at radius 3 is 2.83 bits per heavy atom. The molecule has 7 nitrogen and oxygen atoms in total. The van der Waals surface area contributed by atoms with Crippen LogP contribution in [0.3, 0.4) is 0 Å². The molecule has 1 aliphatic rings. The number of amides is 1. The summed E-state index contributed by atoms with van der Waals surface area (Å²) in [6.45, 7) is 1.89. The summed E-state index contributed by atoms with van der Waals surface area (Å²) in [6.07, 6.45) is 0.752. The number of rotatable bonds is 6. The zero-order chi connectivity index (χ0) is 21.1. The fraction of sp³-hybridized carbons (Fsp3) is 0.273. The molecule has 1 unspecified atom stereocenters. The van der Waals surface area contributed by atoms with Crippen molar-refractivity contribution < 1.29 is 14.0 Å². The molecule has 1 atom stereocenters. The topological polar surface area (TPSA) is 85.6 Å². The molecule has 2 heterocycles. The zero-order valence-corrected chi connectivity index (χ0v) is 16.5. The lowest BCUT2D eigenvalue weighted by atomic mass is 10.0. The van der Waals surface area contributed by atoms with E-state index in [4.69, 9.17) is 4.84 Å². The normalized spacial score (nSPS) is 15.7. The van der Waals surface area contributed by atoms with Gasteiger partial charge in [0.15, 0.2) is 0 Å². The fourth-order valence-corrected chi connectivity index (χ4v) is 3.51. The summed E-state index contributed by atoms with van der Waals surface area (Å²) in [5.41, 5.74) is 2.00. The van der Waals surface area contributed by atoms with Crippen molar-refractivity contribution in [3.05, 3.63) is 76.0 Å². The van der Waals surface area contributed by atoms with Crippen LogP contribution in [-0.4, -0.2) is 34.0 Å². The SMILES string of the molecule is Cc1nn(CC(=O)NCC2CC(Cc3cccc(F)c3)=NO2)c(=O)c2ccccc12. The molecule has 3 aromatic rings. The molecule has 2 aromatic carbocycles. The van der Waals surface area contributed by atoms with Crippen LogP contribution in [0, 0.1) is 12.7 Å². The maximum absolute atomic E-state index is 13.3. The number of nitrogens with one attached hydrogen (secondary N) is 1. The van der Waals surface area contributed by atoms with Crippen LogP contribution in [0.5, 0.6) is 0 Å². The summed E-state index contributed by atoms with van der Waals surface area (Å²) in [6, 6.07) is 13.5. The first-order valence-electron chi connectivity index (χ1n) is 9.69. The second-order valence-electron chi connectivity index (χ2n) is 7.29. The summed E-state index contributed by atoms with van der Waals surface area (Å²) in [5.74, 6) is -0.620. The minimum absolute atomic E-state index is 0.172. The zero-order valence-electron chi connectivity index (χ0n) is 16.5. The fourth-order valence-electron chi connectivity index (χ4n) is 3.51. The summed E-state index contributed by atoms with van der Waals surface area (Å²) in [7, 11) is 0. The Morgan fingerprint density at radius 2 is 2.03 bits per heavy atom. The lowest BCUT2D eigenvalue weighted by Gasteiger charge is -2.11. The highest BCUT2D eigenvalue weighted by Crippen LogP contribution is 2.15. The first-order valence-corrected chi connectivity index (χ1v) is 9.69. The summed E-state index contributed by atoms with van der Waals surface area (Å²) in [4.78, 5) is 30.3. The minimum atomic E-state index is -0.332. The van der Waals surface area contributed by atoms with E-state index in [1.54, 1.807) is 25.1 Å². The Labute approximate surface area is 172 Å². The maximum Gasteiger partial charge on any atom is 0.275 e. The van der Waals surface area contributed by atoms with E-state index in [1.165, 1.54) is 16.8 Å². The number of carbonyl (C=O) groups excluding carboxylic acids is 1. The van der Waals surface area contributed by atoms with Crippen molar-refractivity contribution in [1.29, 1.82) is 0 Å². The van der Waals surface area contributed by atoms with Gasteiger partial charge in [0.05, 0.1) is 23.3 Å². The Bertz CT molecular complexity index is 1190. The van der Waals surface area contributed by atoms with Crippen LogP contribution in [0.25, 0.3) is 10.8 Å². The van der Waals surface area contributed by atoms with Crippen molar-refractivity contribution >= 4 is 22.4 Å². The third kappa shape index (κ3) is 4.37. The third-order valence-corrected chi connectivity index (χ3v) is 4.96. The number of hydrogen-bond acceptors (Lipinski definition) is 5. The van der Waals surface area contributed by atoms with Crippen molar-refractivity contribution in [2.24, 2.45) is 5.16 Å². The molecule has 1 amide bonds. The Hall–Kier alpha value is -3.55. The van der Waals surface area contributed by atoms with E-state index in [9.17, 15) is 14.0 Å². The first-order chi connectivity index (χ1) is 14.5. The number of carbonyl (C=O) groups is 1. The van der Waals surface area contributed by atoms with Crippen LogP contribution in [0.2, 0.25) is 0 Å². The molecule has 1 N–H and O–H groups in total. The second kappa shape index (κ2) is 8.44. The minimum Gasteiger partial charge on any atom is -0.390 e. The molecule has 4 rings (SSSR count). The van der Waals surface area contributed by atoms with Crippen molar-refractivity contribution in [2.45, 2.75) is 32.4 Å². The Kier molecular flexibility index (Phi) is 5.56. The number of fused-ring (bicyclic) bond motifs is 1. The van der Waals surface area contributed by atoms with Gasteiger partial charge in [-0.05, 0) is 30.7 Å². The van der Waals surface area contributed by atoms with Gasteiger partial charge in [-0.2, -0.15) is 5.10 Å². The van der Waals surface area contributed by atoms with Gasteiger partial charge in [-0.1, -0.05) is 35.5 Å². The first kappa shape index (κ1) is 19.8. The number of halogens is 1. The average molecular weight is 408 g/mol. The molecular weight excluding hydrogens is 387 g/mol. The van der Waals surface area contributed by atoms with Crippen LogP contribution in [-0.2, 0) is 22.6 Å². The lowest BCUT2D eigenvalue weighted by Crippen LogP contribution is -2.37. The largest absolute Gasteiger partial charge is 0.390 e. The summed E-state index contributed by atoms with van der Waals surface area (Å²) >= 11 is 0. The van der Waals surface area contributed by atoms with Crippen LogP contribution in [0.1, 0.15) is 17.7 Å². The summed E-state index contributed by atoms with van der Waals surface area (Å²) in [5, 5.41) is 12.4. The average Bonchev–Trinajstić information content (AvgIpc) is 3.18. The molecule has 30 heavy (non-hydrogen) atoms. The predicted molar refractivity (Wildman–Crippen MR) is 111 cm³/mol. The number of benzene rings is 2. The molecular formula is C22H21FN4O3. The van der Waals surface area contributed by atoms with Crippen LogP contribution in [0.15, 0.2) is 58.5 Å². The molecule has 0 saturated carbocycles. The van der Waals surface area contributed by atoms with Crippen LogP contribution in [0.4, 0.5) is 4.39 Å².